The molecule has 0 aliphatic heterocycles. The lowest BCUT2D eigenvalue weighted by molar-refractivity contribution is -0.118. The molecule has 0 aliphatic rings. The number of benzene rings is 1. The van der Waals surface area contributed by atoms with Gasteiger partial charge in [0.05, 0.1) is 23.1 Å². The van der Waals surface area contributed by atoms with E-state index >= 15 is 0 Å². The van der Waals surface area contributed by atoms with E-state index in [4.69, 9.17) is 33.7 Å². The molecule has 14 heavy (non-hydrogen) atoms. The molecule has 0 aromatic heterocycles. The van der Waals surface area contributed by atoms with Crippen molar-refractivity contribution in [1.82, 2.24) is 0 Å². The zero-order valence-electron chi connectivity index (χ0n) is 7.30. The lowest BCUT2D eigenvalue weighted by Gasteiger charge is -2.08. The van der Waals surface area contributed by atoms with E-state index in [1.165, 1.54) is 0 Å². The summed E-state index contributed by atoms with van der Waals surface area (Å²) in [6.07, 6.45) is 0.140. The van der Waals surface area contributed by atoms with E-state index < -0.39 is 5.91 Å². The Balaban J connectivity index is 2.62. The van der Waals surface area contributed by atoms with Crippen LogP contribution in [0.15, 0.2) is 18.2 Å². The molecule has 0 saturated carbocycles. The van der Waals surface area contributed by atoms with Gasteiger partial charge in [0.2, 0.25) is 5.91 Å². The Kier molecular flexibility index (Phi) is 4.04. The monoisotopic (exact) mass is 233 g/mol. The molecular formula is C9H9Cl2NO2. The van der Waals surface area contributed by atoms with Crippen LogP contribution in [0.1, 0.15) is 6.42 Å². The Bertz CT molecular complexity index is 321. The molecule has 0 unspecified atom stereocenters. The van der Waals surface area contributed by atoms with Gasteiger partial charge in [-0.2, -0.15) is 0 Å². The normalized spacial score (nSPS) is 9.86. The highest BCUT2D eigenvalue weighted by Gasteiger charge is 2.06. The molecular weight excluding hydrogens is 225 g/mol. The molecule has 76 valence electrons. The average molecular weight is 234 g/mol. The Labute approximate surface area is 91.7 Å². The molecule has 0 radical (unpaired) electrons. The number of amides is 1. The zero-order valence-corrected chi connectivity index (χ0v) is 8.81. The number of nitrogens with two attached hydrogens (primary N) is 1. The molecule has 0 atom stereocenters. The molecule has 1 rings (SSSR count). The number of ether oxygens (including phenoxy) is 1. The van der Waals surface area contributed by atoms with Crippen molar-refractivity contribution in [1.29, 1.82) is 0 Å². The fourth-order valence-corrected chi connectivity index (χ4v) is 1.38. The number of hydrogen-bond donors (Lipinski definition) is 1. The second-order valence-electron chi connectivity index (χ2n) is 2.62. The van der Waals surface area contributed by atoms with Gasteiger partial charge in [-0.1, -0.05) is 29.3 Å². The molecule has 2 N–H and O–H groups in total. The van der Waals surface area contributed by atoms with Crippen molar-refractivity contribution in [3.05, 3.63) is 28.2 Å². The average Bonchev–Trinajstić information content (AvgIpc) is 2.09. The first-order chi connectivity index (χ1) is 6.61. The molecule has 1 aromatic carbocycles. The minimum Gasteiger partial charge on any atom is -0.490 e. The van der Waals surface area contributed by atoms with Crippen molar-refractivity contribution in [2.75, 3.05) is 6.61 Å². The first-order valence-corrected chi connectivity index (χ1v) is 4.72. The van der Waals surface area contributed by atoms with E-state index in [1.54, 1.807) is 18.2 Å². The van der Waals surface area contributed by atoms with Crippen LogP contribution in [0.3, 0.4) is 0 Å². The van der Waals surface area contributed by atoms with Gasteiger partial charge in [0.15, 0.2) is 5.75 Å². The highest BCUT2D eigenvalue weighted by molar-refractivity contribution is 6.37. The maximum Gasteiger partial charge on any atom is 0.220 e. The maximum absolute atomic E-state index is 10.4. The molecule has 0 aliphatic carbocycles. The first kappa shape index (κ1) is 11.1. The highest BCUT2D eigenvalue weighted by Crippen LogP contribution is 2.32. The van der Waals surface area contributed by atoms with Crippen LogP contribution in [0, 0.1) is 0 Å². The summed E-state index contributed by atoms with van der Waals surface area (Å²) < 4.78 is 5.21. The second-order valence-corrected chi connectivity index (χ2v) is 3.43. The van der Waals surface area contributed by atoms with Crippen molar-refractivity contribution >= 4 is 29.1 Å². The van der Waals surface area contributed by atoms with Crippen LogP contribution in [-0.2, 0) is 4.79 Å². The molecule has 0 saturated heterocycles. The molecule has 1 aromatic rings. The van der Waals surface area contributed by atoms with Crippen molar-refractivity contribution in [3.63, 3.8) is 0 Å². The topological polar surface area (TPSA) is 52.3 Å². The molecule has 0 bridgehead atoms. The van der Waals surface area contributed by atoms with Crippen LogP contribution in [0.2, 0.25) is 10.0 Å². The molecule has 1 amide bonds. The van der Waals surface area contributed by atoms with Crippen LogP contribution in [0.4, 0.5) is 0 Å². The Hall–Kier alpha value is -0.930. The Morgan fingerprint density at radius 3 is 2.43 bits per heavy atom. The standard InChI is InChI=1S/C9H9Cl2NO2/c10-6-2-1-3-7(11)9(6)14-5-4-8(12)13/h1-3H,4-5H2,(H2,12,13). The van der Waals surface area contributed by atoms with E-state index in [-0.39, 0.29) is 13.0 Å². The summed E-state index contributed by atoms with van der Waals surface area (Å²) in [4.78, 5) is 10.4. The zero-order chi connectivity index (χ0) is 10.6. The second kappa shape index (κ2) is 5.08. The van der Waals surface area contributed by atoms with E-state index in [2.05, 4.69) is 0 Å². The lowest BCUT2D eigenvalue weighted by Crippen LogP contribution is -2.14. The molecule has 3 nitrogen and oxygen atoms in total. The smallest absolute Gasteiger partial charge is 0.220 e. The van der Waals surface area contributed by atoms with Gasteiger partial charge in [0.25, 0.3) is 0 Å². The lowest BCUT2D eigenvalue weighted by atomic mass is 10.3. The third kappa shape index (κ3) is 3.09. The summed E-state index contributed by atoms with van der Waals surface area (Å²) in [5.74, 6) is -0.0368. The number of halogens is 2. The summed E-state index contributed by atoms with van der Waals surface area (Å²) in [7, 11) is 0. The largest absolute Gasteiger partial charge is 0.490 e. The molecule has 5 heteroatoms. The van der Waals surface area contributed by atoms with Crippen LogP contribution in [0.25, 0.3) is 0 Å². The maximum atomic E-state index is 10.4. The fourth-order valence-electron chi connectivity index (χ4n) is 0.874. The van der Waals surface area contributed by atoms with Crippen molar-refractivity contribution in [2.45, 2.75) is 6.42 Å². The number of carbonyl (C=O) groups is 1. The van der Waals surface area contributed by atoms with E-state index in [9.17, 15) is 4.79 Å². The number of carbonyl (C=O) groups excluding carboxylic acids is 1. The van der Waals surface area contributed by atoms with Crippen molar-refractivity contribution in [2.24, 2.45) is 5.73 Å². The van der Waals surface area contributed by atoms with Gasteiger partial charge in [-0.25, -0.2) is 0 Å². The number of hydrogen-bond acceptors (Lipinski definition) is 2. The summed E-state index contributed by atoms with van der Waals surface area (Å²) >= 11 is 11.6. The van der Waals surface area contributed by atoms with Gasteiger partial charge in [-0.05, 0) is 12.1 Å². The SMILES string of the molecule is NC(=O)CCOc1c(Cl)cccc1Cl. The van der Waals surface area contributed by atoms with Crippen LogP contribution in [-0.4, -0.2) is 12.5 Å². The molecule has 0 spiro atoms. The third-order valence-electron chi connectivity index (χ3n) is 1.51. The van der Waals surface area contributed by atoms with Gasteiger partial charge >= 0.3 is 0 Å². The first-order valence-electron chi connectivity index (χ1n) is 3.96. The predicted molar refractivity (Wildman–Crippen MR) is 55.8 cm³/mol. The number of para-hydroxylation sites is 1. The summed E-state index contributed by atoms with van der Waals surface area (Å²) in [5.41, 5.74) is 4.95. The minimum absolute atomic E-state index is 0.140. The Morgan fingerprint density at radius 1 is 1.36 bits per heavy atom. The summed E-state index contributed by atoms with van der Waals surface area (Å²) in [6.45, 7) is 0.179. The summed E-state index contributed by atoms with van der Waals surface area (Å²) in [6, 6.07) is 5.03. The minimum atomic E-state index is -0.423. The van der Waals surface area contributed by atoms with E-state index in [1.807, 2.05) is 0 Å². The van der Waals surface area contributed by atoms with Crippen LogP contribution < -0.4 is 10.5 Å². The van der Waals surface area contributed by atoms with Gasteiger partial charge in [-0.3, -0.25) is 4.79 Å². The van der Waals surface area contributed by atoms with Gasteiger partial charge in [0.1, 0.15) is 0 Å². The van der Waals surface area contributed by atoms with Gasteiger partial charge in [-0.15, -0.1) is 0 Å². The van der Waals surface area contributed by atoms with E-state index in [0.717, 1.165) is 0 Å². The van der Waals surface area contributed by atoms with Crippen LogP contribution >= 0.6 is 23.2 Å². The van der Waals surface area contributed by atoms with Crippen molar-refractivity contribution < 1.29 is 9.53 Å². The van der Waals surface area contributed by atoms with Gasteiger partial charge in [0, 0.05) is 0 Å². The van der Waals surface area contributed by atoms with Gasteiger partial charge < -0.3 is 10.5 Å². The number of rotatable bonds is 4. The Morgan fingerprint density at radius 2 is 1.93 bits per heavy atom. The summed E-state index contributed by atoms with van der Waals surface area (Å²) in [5, 5.41) is 0.837. The number of primary amides is 1. The van der Waals surface area contributed by atoms with Crippen molar-refractivity contribution in [3.8, 4) is 5.75 Å². The van der Waals surface area contributed by atoms with Crippen LogP contribution in [0.5, 0.6) is 5.75 Å². The quantitative estimate of drug-likeness (QED) is 0.868. The molecule has 0 heterocycles. The third-order valence-corrected chi connectivity index (χ3v) is 2.11. The highest BCUT2D eigenvalue weighted by atomic mass is 35.5. The van der Waals surface area contributed by atoms with E-state index in [0.29, 0.717) is 15.8 Å². The predicted octanol–water partition coefficient (Wildman–Crippen LogP) is 2.25. The molecule has 0 fully saturated rings. The fraction of sp³-hybridized carbons (Fsp3) is 0.222.